The summed E-state index contributed by atoms with van der Waals surface area (Å²) < 4.78 is 25.7. The van der Waals surface area contributed by atoms with Gasteiger partial charge in [-0.2, -0.15) is 0 Å². The van der Waals surface area contributed by atoms with E-state index in [1.54, 1.807) is 36.4 Å². The lowest BCUT2D eigenvalue weighted by Crippen LogP contribution is -2.70. The molecule has 4 fully saturated rings. The Balaban J connectivity index is 1.29. The number of nitrogens with two attached hydrogens (primary N) is 1. The number of aliphatic hydroxyl groups is 4. The molecule has 1 amide bonds. The molecule has 9 rings (SSSR count). The molecule has 2 bridgehead atoms. The summed E-state index contributed by atoms with van der Waals surface area (Å²) in [6.45, 7) is -0.493. The van der Waals surface area contributed by atoms with E-state index in [9.17, 15) is 34.8 Å². The second-order valence-electron chi connectivity index (χ2n) is 15.0. The first-order chi connectivity index (χ1) is 27.1. The third kappa shape index (κ3) is 5.78. The second kappa shape index (κ2) is 14.2. The van der Waals surface area contributed by atoms with Crippen LogP contribution in [0.15, 0.2) is 66.9 Å². The van der Waals surface area contributed by atoms with Crippen LogP contribution in [0.25, 0.3) is 0 Å². The Hall–Kier alpha value is -4.91. The molecule has 4 heterocycles. The van der Waals surface area contributed by atoms with Gasteiger partial charge in [0.25, 0.3) is 0 Å². The van der Waals surface area contributed by atoms with Crippen LogP contribution in [0, 0.1) is 0 Å². The third-order valence-electron chi connectivity index (χ3n) is 11.8. The highest BCUT2D eigenvalue weighted by Crippen LogP contribution is 2.50. The summed E-state index contributed by atoms with van der Waals surface area (Å²) in [4.78, 5) is 43.7. The number of amides is 1. The molecule has 294 valence electrons. The highest BCUT2D eigenvalue weighted by atomic mass is 16.7. The first-order valence-electron chi connectivity index (χ1n) is 18.9. The van der Waals surface area contributed by atoms with Crippen LogP contribution in [0.4, 0.5) is 5.69 Å². The van der Waals surface area contributed by atoms with E-state index in [1.807, 2.05) is 29.2 Å². The molecule has 3 aromatic rings. The fourth-order valence-electron chi connectivity index (χ4n) is 9.15. The molecule has 6 aliphatic rings. The number of fused-ring (bicyclic) bond motifs is 7. The van der Waals surface area contributed by atoms with Crippen molar-refractivity contribution in [3.8, 4) is 11.5 Å². The quantitative estimate of drug-likeness (QED) is 0.134. The number of benzene rings is 3. The zero-order valence-electron chi connectivity index (χ0n) is 30.2. The van der Waals surface area contributed by atoms with Gasteiger partial charge in [-0.1, -0.05) is 42.5 Å². The molecular formula is C40H43N5O11. The van der Waals surface area contributed by atoms with Crippen molar-refractivity contribution in [3.05, 3.63) is 100 Å². The maximum Gasteiger partial charge on any atom is 0.242 e. The molecule has 9 atom stereocenters. The van der Waals surface area contributed by atoms with Gasteiger partial charge in [-0.05, 0) is 49.5 Å². The number of nitrogens with zero attached hydrogens (tertiary/aromatic N) is 1. The first kappa shape index (κ1) is 36.7. The number of hydrogen-bond acceptors (Lipinski definition) is 15. The van der Waals surface area contributed by atoms with Crippen molar-refractivity contribution in [2.24, 2.45) is 5.73 Å². The normalized spacial score (nSPS) is 32.2. The number of rotatable bonds is 5. The average molecular weight is 770 g/mol. The van der Waals surface area contributed by atoms with Crippen molar-refractivity contribution >= 4 is 23.2 Å². The van der Waals surface area contributed by atoms with E-state index in [2.05, 4.69) is 16.0 Å². The Kier molecular flexibility index (Phi) is 9.33. The van der Waals surface area contributed by atoms with Gasteiger partial charge in [0, 0.05) is 33.9 Å². The number of ketones is 2. The number of carbonyl (C=O) groups excluding carboxylic acids is 3. The summed E-state index contributed by atoms with van der Waals surface area (Å²) in [5.74, 6) is -2.32. The standard InChI is InChI=1S/C40H43N5O11/c41-39-43-36-27(37(52)44-39)42-18-45(36)25-10-4-3-7-20(25)19-11-15-54-40(12-5-6-13-40)35-31(50)30(49)32(51)38(56-35)55-33-23(19)17-24-26(34(33)53-16-14-46)29(48)22-9-2-1-8-21(22)28(24)47/h1-4,7-11,15,17,19,27,30-32,35-36,38-39,42-43,46,49-51H,5-6,12-14,16,18,41H2,(H,44,52)/b15-11+/t19-,27+,30+,31+,32-,35+,36+,38-,39+/m0/s1. The van der Waals surface area contributed by atoms with E-state index < -0.39 is 78.9 Å². The van der Waals surface area contributed by atoms with Crippen LogP contribution >= 0.6 is 0 Å². The SMILES string of the molecule is N[C@H]1NC(=O)[C@@H]2NCN(c3ccccc3[C@@H]3/C=C/OC4(CCCC4)[C@@H]4O[C@H](Oc5c3cc3c(c5OCCO)C(=O)c5ccccc5C3=O)[C@@H](O)[C@H](O)[C@H]4O)[C@H]2N1. The first-order valence-corrected chi connectivity index (χ1v) is 18.9. The van der Waals surface area contributed by atoms with Crippen LogP contribution < -0.4 is 36.1 Å². The van der Waals surface area contributed by atoms with E-state index in [4.69, 9.17) is 24.7 Å². The maximum atomic E-state index is 14.4. The summed E-state index contributed by atoms with van der Waals surface area (Å²) in [5.41, 5.74) is 6.97. The van der Waals surface area contributed by atoms with Gasteiger partial charge in [0.2, 0.25) is 12.2 Å². The van der Waals surface area contributed by atoms with Crippen molar-refractivity contribution < 1.29 is 53.8 Å². The average Bonchev–Trinajstić information content (AvgIpc) is 3.86. The second-order valence-corrected chi connectivity index (χ2v) is 15.0. The van der Waals surface area contributed by atoms with Gasteiger partial charge in [-0.25, -0.2) is 0 Å². The molecular weight excluding hydrogens is 726 g/mol. The van der Waals surface area contributed by atoms with E-state index in [0.29, 0.717) is 29.7 Å². The Morgan fingerprint density at radius 3 is 2.41 bits per heavy atom. The number of ether oxygens (including phenoxy) is 4. The molecule has 0 radical (unpaired) electrons. The van der Waals surface area contributed by atoms with Crippen molar-refractivity contribution in [1.82, 2.24) is 16.0 Å². The van der Waals surface area contributed by atoms with Crippen molar-refractivity contribution in [1.29, 1.82) is 0 Å². The van der Waals surface area contributed by atoms with E-state index in [0.717, 1.165) is 12.8 Å². The van der Waals surface area contributed by atoms with E-state index in [1.165, 1.54) is 6.26 Å². The summed E-state index contributed by atoms with van der Waals surface area (Å²) in [5, 5.41) is 53.2. The Morgan fingerprint density at radius 2 is 1.64 bits per heavy atom. The molecule has 3 saturated heterocycles. The van der Waals surface area contributed by atoms with Gasteiger partial charge in [-0.3, -0.25) is 30.8 Å². The molecule has 9 N–H and O–H groups in total. The molecule has 16 heteroatoms. The Bertz CT molecular complexity index is 2110. The number of nitrogens with one attached hydrogen (secondary N) is 3. The molecule has 16 nitrogen and oxygen atoms in total. The Morgan fingerprint density at radius 1 is 0.911 bits per heavy atom. The van der Waals surface area contributed by atoms with Crippen LogP contribution in [0.2, 0.25) is 0 Å². The highest BCUT2D eigenvalue weighted by molar-refractivity contribution is 6.29. The monoisotopic (exact) mass is 769 g/mol. The van der Waals surface area contributed by atoms with Gasteiger partial charge >= 0.3 is 0 Å². The largest absolute Gasteiger partial charge is 0.492 e. The molecule has 2 aliphatic carbocycles. The number of carbonyl (C=O) groups is 3. The maximum absolute atomic E-state index is 14.4. The summed E-state index contributed by atoms with van der Waals surface area (Å²) >= 11 is 0. The molecule has 3 aromatic carbocycles. The lowest BCUT2D eigenvalue weighted by molar-refractivity contribution is -0.304. The highest BCUT2D eigenvalue weighted by Gasteiger charge is 2.56. The number of aliphatic hydroxyl groups excluding tert-OH is 4. The number of allylic oxidation sites excluding steroid dienone is 1. The molecule has 0 unspecified atom stereocenters. The minimum atomic E-state index is -1.77. The van der Waals surface area contributed by atoms with Gasteiger partial charge in [-0.15, -0.1) is 0 Å². The number of hydrogen-bond donors (Lipinski definition) is 8. The number of para-hydroxylation sites is 1. The number of anilines is 1. The van der Waals surface area contributed by atoms with Gasteiger partial charge in [0.1, 0.15) is 55.1 Å². The van der Waals surface area contributed by atoms with Crippen molar-refractivity contribution in [2.45, 2.75) is 86.4 Å². The molecule has 56 heavy (non-hydrogen) atoms. The summed E-state index contributed by atoms with van der Waals surface area (Å²) in [6, 6.07) is 14.8. The summed E-state index contributed by atoms with van der Waals surface area (Å²) in [6.07, 6.45) is -3.38. The van der Waals surface area contributed by atoms with Crippen LogP contribution in [-0.2, 0) is 14.3 Å². The van der Waals surface area contributed by atoms with Gasteiger partial charge < -0.3 is 49.6 Å². The zero-order valence-corrected chi connectivity index (χ0v) is 30.2. The Labute approximate surface area is 321 Å². The fourth-order valence-corrected chi connectivity index (χ4v) is 9.15. The van der Waals surface area contributed by atoms with Crippen molar-refractivity contribution in [2.75, 3.05) is 24.8 Å². The van der Waals surface area contributed by atoms with Crippen LogP contribution in [0.1, 0.15) is 74.6 Å². The summed E-state index contributed by atoms with van der Waals surface area (Å²) in [7, 11) is 0. The third-order valence-corrected chi connectivity index (χ3v) is 11.8. The topological polar surface area (TPSA) is 234 Å². The van der Waals surface area contributed by atoms with Crippen LogP contribution in [-0.4, -0.2) is 113 Å². The molecule has 4 aliphatic heterocycles. The molecule has 1 spiro atoms. The van der Waals surface area contributed by atoms with Crippen LogP contribution in [0.5, 0.6) is 11.5 Å². The molecule has 0 aromatic heterocycles. The fraction of sp³-hybridized carbons (Fsp3) is 0.425. The van der Waals surface area contributed by atoms with E-state index >= 15 is 0 Å². The minimum absolute atomic E-state index is 0.0286. The van der Waals surface area contributed by atoms with Crippen molar-refractivity contribution in [3.63, 3.8) is 0 Å². The predicted octanol–water partition coefficient (Wildman–Crippen LogP) is 0.0316. The van der Waals surface area contributed by atoms with Gasteiger partial charge in [0.15, 0.2) is 23.1 Å². The smallest absolute Gasteiger partial charge is 0.242 e. The lowest BCUT2D eigenvalue weighted by Gasteiger charge is -2.47. The minimum Gasteiger partial charge on any atom is -0.492 e. The zero-order chi connectivity index (χ0) is 38.9. The van der Waals surface area contributed by atoms with Crippen LogP contribution in [0.3, 0.4) is 0 Å². The lowest BCUT2D eigenvalue weighted by atomic mass is 9.79. The van der Waals surface area contributed by atoms with Gasteiger partial charge in [0.05, 0.1) is 25.1 Å². The predicted molar refractivity (Wildman–Crippen MR) is 197 cm³/mol. The van der Waals surface area contributed by atoms with E-state index in [-0.39, 0.29) is 52.9 Å². The molecule has 1 saturated carbocycles.